The Morgan fingerprint density at radius 3 is 2.44 bits per heavy atom. The first kappa shape index (κ1) is 23.1. The van der Waals surface area contributed by atoms with Crippen molar-refractivity contribution in [1.82, 2.24) is 4.90 Å². The Morgan fingerprint density at radius 1 is 0.944 bits per heavy atom. The number of methoxy groups -OCH3 is 2. The number of nitrogens with one attached hydrogen (secondary N) is 1. The first-order chi connectivity index (χ1) is 17.3. The van der Waals surface area contributed by atoms with Gasteiger partial charge in [-0.1, -0.05) is 30.3 Å². The van der Waals surface area contributed by atoms with E-state index < -0.39 is 12.1 Å². The lowest BCUT2D eigenvalue weighted by Gasteiger charge is -2.40. The Labute approximate surface area is 207 Å². The van der Waals surface area contributed by atoms with Gasteiger partial charge < -0.3 is 19.7 Å². The molecule has 2 aliphatic heterocycles. The Hall–Kier alpha value is -4.66. The van der Waals surface area contributed by atoms with Crippen LogP contribution < -0.4 is 19.7 Å². The molecule has 0 fully saturated rings. The van der Waals surface area contributed by atoms with Crippen LogP contribution in [0.2, 0.25) is 0 Å². The van der Waals surface area contributed by atoms with Gasteiger partial charge in [-0.15, -0.1) is 0 Å². The van der Waals surface area contributed by atoms with E-state index in [1.165, 1.54) is 30.9 Å². The molecule has 0 saturated heterocycles. The van der Waals surface area contributed by atoms with Gasteiger partial charge in [0.1, 0.15) is 12.7 Å². The van der Waals surface area contributed by atoms with Crippen molar-refractivity contribution >= 4 is 34.9 Å². The van der Waals surface area contributed by atoms with E-state index in [4.69, 9.17) is 9.47 Å². The first-order valence-electron chi connectivity index (χ1n) is 11.2. The lowest BCUT2D eigenvalue weighted by Crippen LogP contribution is -2.50. The molecule has 1 N–H and O–H groups in total. The molecule has 2 heterocycles. The van der Waals surface area contributed by atoms with Gasteiger partial charge in [-0.05, 0) is 37.3 Å². The minimum absolute atomic E-state index is 0.130. The summed E-state index contributed by atoms with van der Waals surface area (Å²) in [6, 6.07) is 16.7. The number of benzene rings is 3. The molecule has 1 atom stereocenters. The van der Waals surface area contributed by atoms with E-state index in [1.807, 2.05) is 0 Å². The normalized spacial score (nSPS) is 15.7. The maximum absolute atomic E-state index is 13.7. The summed E-state index contributed by atoms with van der Waals surface area (Å²) in [5, 5.41) is 2.75. The molecule has 36 heavy (non-hydrogen) atoms. The monoisotopic (exact) mass is 485 g/mol. The summed E-state index contributed by atoms with van der Waals surface area (Å²) in [5.41, 5.74) is 2.48. The number of hydrogen-bond donors (Lipinski definition) is 1. The third-order valence-corrected chi connectivity index (χ3v) is 6.35. The van der Waals surface area contributed by atoms with E-state index in [2.05, 4.69) is 5.32 Å². The molecule has 3 amide bonds. The van der Waals surface area contributed by atoms with Gasteiger partial charge in [0.2, 0.25) is 5.91 Å². The number of carbonyl (C=O) groups is 4. The van der Waals surface area contributed by atoms with Crippen LogP contribution in [0.1, 0.15) is 49.7 Å². The third-order valence-electron chi connectivity index (χ3n) is 6.35. The van der Waals surface area contributed by atoms with E-state index in [1.54, 1.807) is 60.7 Å². The van der Waals surface area contributed by atoms with Crippen LogP contribution in [-0.2, 0) is 4.79 Å². The maximum atomic E-state index is 13.7. The molecule has 0 aromatic heterocycles. The number of anilines is 2. The average Bonchev–Trinajstić information content (AvgIpc) is 3.18. The molecule has 0 radical (unpaired) electrons. The molecule has 0 saturated carbocycles. The number of rotatable bonds is 6. The standard InChI is InChI=1S/C27H23N3O6/c1-15(31)16-7-6-8-17(13-16)28-22(32)14-29-25-19-11-12-21(35-2)24(36-3)23(19)27(34)30(25)20-10-5-4-9-18(20)26(29)33/h4-13,25H,14H2,1-3H3,(H,28,32)/t25-/m1/s1. The maximum Gasteiger partial charge on any atom is 0.264 e. The summed E-state index contributed by atoms with van der Waals surface area (Å²) in [6.45, 7) is 1.12. The molecule has 0 unspecified atom stereocenters. The van der Waals surface area contributed by atoms with Gasteiger partial charge in [0, 0.05) is 16.8 Å². The molecule has 9 nitrogen and oxygen atoms in total. The van der Waals surface area contributed by atoms with E-state index in [9.17, 15) is 19.2 Å². The molecule has 2 aliphatic rings. The minimum atomic E-state index is -0.844. The Bertz CT molecular complexity index is 1430. The predicted molar refractivity (Wildman–Crippen MR) is 132 cm³/mol. The van der Waals surface area contributed by atoms with Crippen LogP contribution >= 0.6 is 0 Å². The largest absolute Gasteiger partial charge is 0.493 e. The second-order valence-electron chi connectivity index (χ2n) is 8.45. The number of ketones is 1. The molecule has 182 valence electrons. The van der Waals surface area contributed by atoms with Crippen LogP contribution in [0, 0.1) is 0 Å². The van der Waals surface area contributed by atoms with Crippen molar-refractivity contribution in [2.24, 2.45) is 0 Å². The summed E-state index contributed by atoms with van der Waals surface area (Å²) in [4.78, 5) is 54.9. The van der Waals surface area contributed by atoms with Gasteiger partial charge in [0.15, 0.2) is 17.3 Å². The zero-order valence-corrected chi connectivity index (χ0v) is 19.9. The number of carbonyl (C=O) groups excluding carboxylic acids is 4. The van der Waals surface area contributed by atoms with Gasteiger partial charge in [0.05, 0.1) is 31.0 Å². The van der Waals surface area contributed by atoms with Crippen LogP contribution in [0.3, 0.4) is 0 Å². The molecule has 5 rings (SSSR count). The van der Waals surface area contributed by atoms with Gasteiger partial charge in [0.25, 0.3) is 11.8 Å². The average molecular weight is 485 g/mol. The summed E-state index contributed by atoms with van der Waals surface area (Å²) in [7, 11) is 2.93. The molecule has 3 aromatic carbocycles. The summed E-state index contributed by atoms with van der Waals surface area (Å²) in [6.07, 6.45) is -0.844. The number of amides is 3. The highest BCUT2D eigenvalue weighted by Crippen LogP contribution is 2.49. The van der Waals surface area contributed by atoms with Crippen LogP contribution in [0.4, 0.5) is 11.4 Å². The topological polar surface area (TPSA) is 105 Å². The number of Topliss-reactive ketones (excluding diaryl/α,β-unsaturated/α-hetero) is 1. The molecular weight excluding hydrogens is 462 g/mol. The van der Waals surface area contributed by atoms with E-state index >= 15 is 0 Å². The van der Waals surface area contributed by atoms with Crippen molar-refractivity contribution in [2.45, 2.75) is 13.1 Å². The Kier molecular flexibility index (Phi) is 5.68. The third kappa shape index (κ3) is 3.56. The predicted octanol–water partition coefficient (Wildman–Crippen LogP) is 3.66. The fourth-order valence-electron chi connectivity index (χ4n) is 4.76. The minimum Gasteiger partial charge on any atom is -0.493 e. The second-order valence-corrected chi connectivity index (χ2v) is 8.45. The lowest BCUT2D eigenvalue weighted by atomic mass is 10.0. The van der Waals surface area contributed by atoms with Gasteiger partial charge in [-0.25, -0.2) is 0 Å². The van der Waals surface area contributed by atoms with Crippen molar-refractivity contribution in [3.8, 4) is 11.5 Å². The quantitative estimate of drug-likeness (QED) is 0.535. The highest BCUT2D eigenvalue weighted by atomic mass is 16.5. The van der Waals surface area contributed by atoms with Crippen molar-refractivity contribution in [2.75, 3.05) is 31.0 Å². The summed E-state index contributed by atoms with van der Waals surface area (Å²) >= 11 is 0. The molecule has 3 aromatic rings. The van der Waals surface area contributed by atoms with Gasteiger partial charge in [-0.2, -0.15) is 0 Å². The Morgan fingerprint density at radius 2 is 1.72 bits per heavy atom. The fraction of sp³-hybridized carbons (Fsp3) is 0.185. The van der Waals surface area contributed by atoms with Crippen LogP contribution in [-0.4, -0.2) is 49.2 Å². The number of para-hydroxylation sites is 1. The van der Waals surface area contributed by atoms with Crippen molar-refractivity contribution in [1.29, 1.82) is 0 Å². The fourth-order valence-corrected chi connectivity index (χ4v) is 4.76. The SMILES string of the molecule is COc1ccc2c(c1OC)C(=O)N1c3ccccc3C(=O)N(CC(=O)Nc3cccc(C(C)=O)c3)[C@@H]21. The van der Waals surface area contributed by atoms with E-state index in [0.717, 1.165) is 0 Å². The molecule has 0 spiro atoms. The first-order valence-corrected chi connectivity index (χ1v) is 11.2. The van der Waals surface area contributed by atoms with Crippen LogP contribution in [0.15, 0.2) is 60.7 Å². The highest BCUT2D eigenvalue weighted by molar-refractivity contribution is 6.18. The smallest absolute Gasteiger partial charge is 0.264 e. The van der Waals surface area contributed by atoms with Crippen LogP contribution in [0.25, 0.3) is 0 Å². The molecule has 0 bridgehead atoms. The summed E-state index contributed by atoms with van der Waals surface area (Å²) in [5.74, 6) is -0.677. The summed E-state index contributed by atoms with van der Waals surface area (Å²) < 4.78 is 10.9. The highest BCUT2D eigenvalue weighted by Gasteiger charge is 2.50. The van der Waals surface area contributed by atoms with E-state index in [-0.39, 0.29) is 35.5 Å². The van der Waals surface area contributed by atoms with Crippen molar-refractivity contribution < 1.29 is 28.7 Å². The van der Waals surface area contributed by atoms with Crippen LogP contribution in [0.5, 0.6) is 11.5 Å². The number of nitrogens with zero attached hydrogens (tertiary/aromatic N) is 2. The number of fused-ring (bicyclic) bond motifs is 5. The molecular formula is C27H23N3O6. The van der Waals surface area contributed by atoms with Gasteiger partial charge in [-0.3, -0.25) is 24.1 Å². The van der Waals surface area contributed by atoms with E-state index in [0.29, 0.717) is 33.8 Å². The van der Waals surface area contributed by atoms with Gasteiger partial charge >= 0.3 is 0 Å². The van der Waals surface area contributed by atoms with Crippen molar-refractivity contribution in [3.63, 3.8) is 0 Å². The Balaban J connectivity index is 1.56. The molecule has 9 heteroatoms. The lowest BCUT2D eigenvalue weighted by molar-refractivity contribution is -0.117. The number of ether oxygens (including phenoxy) is 2. The molecule has 0 aliphatic carbocycles. The zero-order chi connectivity index (χ0) is 25.6. The number of hydrogen-bond acceptors (Lipinski definition) is 6. The zero-order valence-electron chi connectivity index (χ0n) is 19.9. The second kappa shape index (κ2) is 8.84. The van der Waals surface area contributed by atoms with Crippen molar-refractivity contribution in [3.05, 3.63) is 82.9 Å².